The summed E-state index contributed by atoms with van der Waals surface area (Å²) in [4.78, 5) is 0. The monoisotopic (exact) mass is 45.0 g/mol. The second-order valence-electron chi connectivity index (χ2n) is 0.158. The summed E-state index contributed by atoms with van der Waals surface area (Å²) in [6.45, 7) is 0. The van der Waals surface area contributed by atoms with Gasteiger partial charge in [0.1, 0.15) is 0 Å². The van der Waals surface area contributed by atoms with Crippen molar-refractivity contribution in [2.75, 3.05) is 0 Å². The largest absolute Gasteiger partial charge is 0.233 e. The van der Waals surface area contributed by atoms with E-state index in [-0.39, 0.29) is 18.9 Å². The number of nitrogens with zero attached hydrogens (tertiary/aromatic N) is 1. The first-order valence-corrected chi connectivity index (χ1v) is 0.577. The molecule has 0 aliphatic heterocycles. The van der Waals surface area contributed by atoms with E-state index in [9.17, 15) is 0 Å². The fourth-order valence-corrected chi connectivity index (χ4v) is 0. The van der Waals surface area contributed by atoms with Gasteiger partial charge in [-0.25, -0.2) is 5.26 Å². The summed E-state index contributed by atoms with van der Waals surface area (Å²) >= 11 is 0. The zero-order valence-electron chi connectivity index (χ0n) is 2.65. The molecule has 0 saturated carbocycles. The Balaban J connectivity index is 0. The predicted molar refractivity (Wildman–Crippen MR) is 18.5 cm³/mol. The molecular formula is CHBLiN. The standard InChI is InChI=1S/CHBN.Li/c2-1-3;/h2H;. The Labute approximate surface area is 38.6 Å². The molecule has 0 aromatic rings. The third kappa shape index (κ3) is 123. The van der Waals surface area contributed by atoms with Crippen LogP contribution in [0.3, 0.4) is 0 Å². The summed E-state index contributed by atoms with van der Waals surface area (Å²) in [5.41, 5.74) is 0. The molecule has 0 unspecified atom stereocenters. The van der Waals surface area contributed by atoms with E-state index in [4.69, 9.17) is 5.26 Å². The van der Waals surface area contributed by atoms with Gasteiger partial charge in [0.15, 0.2) is 0 Å². The van der Waals surface area contributed by atoms with Crippen molar-refractivity contribution in [1.29, 1.82) is 5.26 Å². The van der Waals surface area contributed by atoms with Gasteiger partial charge >= 0.3 is 0 Å². The van der Waals surface area contributed by atoms with Crippen molar-refractivity contribution >= 4 is 26.7 Å². The van der Waals surface area contributed by atoms with Crippen LogP contribution in [0.4, 0.5) is 0 Å². The van der Waals surface area contributed by atoms with Crippen molar-refractivity contribution in [3.63, 3.8) is 0 Å². The number of nitriles is 1. The number of rotatable bonds is 0. The van der Waals surface area contributed by atoms with Crippen LogP contribution in [0.2, 0.25) is 0 Å². The molecule has 0 N–H and O–H groups in total. The van der Waals surface area contributed by atoms with Crippen LogP contribution in [0.15, 0.2) is 0 Å². The minimum Gasteiger partial charge on any atom is -0.214 e. The molecule has 3 heteroatoms. The minimum atomic E-state index is 0. The van der Waals surface area contributed by atoms with Gasteiger partial charge in [-0.05, 0) is 5.97 Å². The van der Waals surface area contributed by atoms with Crippen molar-refractivity contribution in [3.05, 3.63) is 0 Å². The van der Waals surface area contributed by atoms with Gasteiger partial charge in [-0.1, -0.05) is 0 Å². The first-order valence-electron chi connectivity index (χ1n) is 0.577. The third-order valence-corrected chi connectivity index (χ3v) is 0. The number of hydrogen-bond donors (Lipinski definition) is 0. The van der Waals surface area contributed by atoms with Crippen LogP contribution >= 0.6 is 0 Å². The van der Waals surface area contributed by atoms with Crippen molar-refractivity contribution in [3.8, 4) is 5.97 Å². The SMILES string of the molecule is [BH]C#N.[Li]. The Hall–Kier alpha value is 0.152. The fourth-order valence-electron chi connectivity index (χ4n) is 0. The van der Waals surface area contributed by atoms with Crippen LogP contribution in [0.1, 0.15) is 0 Å². The molecule has 4 heavy (non-hydrogen) atoms. The smallest absolute Gasteiger partial charge is 0.214 e. The van der Waals surface area contributed by atoms with Crippen LogP contribution in [-0.4, -0.2) is 26.7 Å². The molecule has 0 bridgehead atoms. The molecule has 0 aromatic heterocycles. The van der Waals surface area contributed by atoms with Crippen LogP contribution < -0.4 is 0 Å². The van der Waals surface area contributed by atoms with E-state index in [1.54, 1.807) is 0 Å². The summed E-state index contributed by atoms with van der Waals surface area (Å²) in [7, 11) is 2.79. The van der Waals surface area contributed by atoms with Gasteiger partial charge in [0.25, 0.3) is 0 Å². The van der Waals surface area contributed by atoms with E-state index in [0.29, 0.717) is 0 Å². The van der Waals surface area contributed by atoms with Gasteiger partial charge in [-0.3, -0.25) is 0 Å². The summed E-state index contributed by atoms with van der Waals surface area (Å²) in [6.07, 6.45) is 0. The Kier molecular flexibility index (Phi) is 24.5. The quantitative estimate of drug-likeness (QED) is 0.320. The van der Waals surface area contributed by atoms with Crippen molar-refractivity contribution in [2.45, 2.75) is 0 Å². The second kappa shape index (κ2) is 11.0. The summed E-state index contributed by atoms with van der Waals surface area (Å²) in [6, 6.07) is 0. The zero-order chi connectivity index (χ0) is 2.71. The minimum absolute atomic E-state index is 0. The van der Waals surface area contributed by atoms with Crippen LogP contribution in [0, 0.1) is 11.2 Å². The first-order chi connectivity index (χ1) is 1.41. The molecule has 0 aliphatic rings. The van der Waals surface area contributed by atoms with Gasteiger partial charge in [0, 0.05) is 18.9 Å². The van der Waals surface area contributed by atoms with Crippen LogP contribution in [0.25, 0.3) is 0 Å². The molecule has 0 saturated heterocycles. The average Bonchev–Trinajstić information content (AvgIpc) is 0.918. The molecule has 0 fully saturated rings. The van der Waals surface area contributed by atoms with Gasteiger partial charge in [0.2, 0.25) is 7.85 Å². The van der Waals surface area contributed by atoms with E-state index < -0.39 is 0 Å². The van der Waals surface area contributed by atoms with Gasteiger partial charge < -0.3 is 0 Å². The van der Waals surface area contributed by atoms with E-state index in [1.165, 1.54) is 5.97 Å². The summed E-state index contributed by atoms with van der Waals surface area (Å²) in [5.74, 6) is 1.50. The molecule has 2 radical (unpaired) electrons. The summed E-state index contributed by atoms with van der Waals surface area (Å²) < 4.78 is 0. The van der Waals surface area contributed by atoms with E-state index >= 15 is 0 Å². The topological polar surface area (TPSA) is 23.8 Å². The van der Waals surface area contributed by atoms with Crippen LogP contribution in [0.5, 0.6) is 0 Å². The molecule has 0 aliphatic carbocycles. The molecule has 1 nitrogen and oxygen atoms in total. The van der Waals surface area contributed by atoms with Gasteiger partial charge in [-0.2, -0.15) is 0 Å². The van der Waals surface area contributed by atoms with Crippen molar-refractivity contribution in [2.24, 2.45) is 0 Å². The Bertz CT molecular complexity index is 29.5. The molecule has 0 amide bonds. The Morgan fingerprint density at radius 2 is 1.75 bits per heavy atom. The Morgan fingerprint density at radius 1 is 1.75 bits per heavy atom. The first kappa shape index (κ1) is 8.91. The third-order valence-electron chi connectivity index (χ3n) is 0. The molecule has 0 heterocycles. The number of hydrogen-bond acceptors (Lipinski definition) is 1. The second-order valence-corrected chi connectivity index (χ2v) is 0.158. The fraction of sp³-hybridized carbons (Fsp3) is 0. The van der Waals surface area contributed by atoms with E-state index in [0.717, 1.165) is 0 Å². The van der Waals surface area contributed by atoms with Crippen LogP contribution in [-0.2, 0) is 0 Å². The van der Waals surface area contributed by atoms with E-state index in [1.807, 2.05) is 0 Å². The predicted octanol–water partition coefficient (Wildman–Crippen LogP) is -1.01. The van der Waals surface area contributed by atoms with Crippen molar-refractivity contribution in [1.82, 2.24) is 0 Å². The molecule has 0 rings (SSSR count). The molecular weight excluding hydrogens is 43.8 g/mol. The van der Waals surface area contributed by atoms with E-state index in [2.05, 4.69) is 7.85 Å². The molecule has 0 spiro atoms. The van der Waals surface area contributed by atoms with Crippen molar-refractivity contribution < 1.29 is 0 Å². The average molecular weight is 44.8 g/mol. The van der Waals surface area contributed by atoms with Gasteiger partial charge in [-0.15, -0.1) is 0 Å². The molecule has 0 aromatic carbocycles. The summed E-state index contributed by atoms with van der Waals surface area (Å²) in [5, 5.41) is 7.21. The maximum atomic E-state index is 7.21. The normalized spacial score (nSPS) is 1.75. The maximum Gasteiger partial charge on any atom is 0.233 e. The van der Waals surface area contributed by atoms with Gasteiger partial charge in [0.05, 0.1) is 0 Å². The maximum absolute atomic E-state index is 7.21. The Morgan fingerprint density at radius 3 is 1.75 bits per heavy atom. The molecule has 0 atom stereocenters. The molecule has 14 valence electrons. The zero-order valence-corrected chi connectivity index (χ0v) is 2.65.